The molecule has 94 valence electrons. The average molecular weight is 252 g/mol. The Hall–Kier alpha value is -0.870. The largest absolute Gasteiger partial charge is 0.352 e. The van der Waals surface area contributed by atoms with Crippen molar-refractivity contribution in [3.63, 3.8) is 0 Å². The van der Waals surface area contributed by atoms with Crippen LogP contribution in [0.1, 0.15) is 31.2 Å². The molecule has 1 aliphatic rings. The number of hydrogen-bond acceptors (Lipinski definition) is 3. The van der Waals surface area contributed by atoms with E-state index in [0.717, 1.165) is 19.4 Å². The Labute approximate surface area is 107 Å². The van der Waals surface area contributed by atoms with Gasteiger partial charge in [-0.1, -0.05) is 12.8 Å². The first-order chi connectivity index (χ1) is 8.24. The highest BCUT2D eigenvalue weighted by atomic mass is 32.1. The topological polar surface area (TPSA) is 32.3 Å². The smallest absolute Gasteiger partial charge is 0.234 e. The maximum Gasteiger partial charge on any atom is 0.234 e. The van der Waals surface area contributed by atoms with Gasteiger partial charge in [0.2, 0.25) is 5.91 Å². The summed E-state index contributed by atoms with van der Waals surface area (Å²) in [6.45, 7) is 1.34. The molecule has 0 saturated heterocycles. The third-order valence-corrected chi connectivity index (χ3v) is 3.90. The van der Waals surface area contributed by atoms with E-state index in [4.69, 9.17) is 0 Å². The van der Waals surface area contributed by atoms with Crippen molar-refractivity contribution in [3.05, 3.63) is 22.4 Å². The molecule has 4 heteroatoms. The van der Waals surface area contributed by atoms with Gasteiger partial charge in [0.1, 0.15) is 0 Å². The molecular weight excluding hydrogens is 232 g/mol. The summed E-state index contributed by atoms with van der Waals surface area (Å²) in [4.78, 5) is 13.8. The van der Waals surface area contributed by atoms with Crippen LogP contribution < -0.4 is 5.32 Å². The minimum Gasteiger partial charge on any atom is -0.352 e. The van der Waals surface area contributed by atoms with Crippen LogP contribution in [0, 0.1) is 0 Å². The number of thiophene rings is 1. The van der Waals surface area contributed by atoms with Gasteiger partial charge in [0, 0.05) is 12.6 Å². The van der Waals surface area contributed by atoms with E-state index >= 15 is 0 Å². The number of carbonyl (C=O) groups is 1. The van der Waals surface area contributed by atoms with E-state index in [2.05, 4.69) is 27.0 Å². The van der Waals surface area contributed by atoms with Crippen molar-refractivity contribution in [2.24, 2.45) is 0 Å². The van der Waals surface area contributed by atoms with Crippen LogP contribution in [0.3, 0.4) is 0 Å². The molecule has 1 aliphatic carbocycles. The Morgan fingerprint density at radius 1 is 1.53 bits per heavy atom. The summed E-state index contributed by atoms with van der Waals surface area (Å²) in [6.07, 6.45) is 4.82. The number of hydrogen-bond donors (Lipinski definition) is 1. The highest BCUT2D eigenvalue weighted by molar-refractivity contribution is 7.07. The highest BCUT2D eigenvalue weighted by Crippen LogP contribution is 2.17. The van der Waals surface area contributed by atoms with E-state index in [1.165, 1.54) is 18.4 Å². The van der Waals surface area contributed by atoms with E-state index in [1.807, 2.05) is 7.05 Å². The Bertz CT molecular complexity index is 344. The molecule has 1 saturated carbocycles. The normalized spacial score (nSPS) is 16.6. The van der Waals surface area contributed by atoms with Crippen molar-refractivity contribution < 1.29 is 4.79 Å². The maximum atomic E-state index is 11.8. The molecule has 0 aromatic carbocycles. The summed E-state index contributed by atoms with van der Waals surface area (Å²) < 4.78 is 0. The Morgan fingerprint density at radius 2 is 2.29 bits per heavy atom. The van der Waals surface area contributed by atoms with Gasteiger partial charge in [-0.3, -0.25) is 9.69 Å². The second-order valence-electron chi connectivity index (χ2n) is 4.85. The molecule has 17 heavy (non-hydrogen) atoms. The molecule has 0 radical (unpaired) electrons. The standard InChI is InChI=1S/C13H20N2OS/c1-15(8-11-6-7-17-10-11)9-13(16)14-12-4-2-3-5-12/h6-7,10,12H,2-5,8-9H2,1H3,(H,14,16). The highest BCUT2D eigenvalue weighted by Gasteiger charge is 2.17. The average Bonchev–Trinajstić information content (AvgIpc) is 2.90. The Morgan fingerprint density at radius 3 is 2.94 bits per heavy atom. The predicted octanol–water partition coefficient (Wildman–Crippen LogP) is 2.24. The second-order valence-corrected chi connectivity index (χ2v) is 5.63. The molecule has 1 aromatic rings. The number of amides is 1. The van der Waals surface area contributed by atoms with Gasteiger partial charge in [-0.2, -0.15) is 11.3 Å². The lowest BCUT2D eigenvalue weighted by Crippen LogP contribution is -2.39. The zero-order valence-electron chi connectivity index (χ0n) is 10.3. The molecule has 1 amide bonds. The van der Waals surface area contributed by atoms with E-state index in [9.17, 15) is 4.79 Å². The van der Waals surface area contributed by atoms with Crippen LogP contribution in [0.5, 0.6) is 0 Å². The van der Waals surface area contributed by atoms with Gasteiger partial charge < -0.3 is 5.32 Å². The third kappa shape index (κ3) is 4.13. The van der Waals surface area contributed by atoms with E-state index in [0.29, 0.717) is 12.6 Å². The van der Waals surface area contributed by atoms with Gasteiger partial charge in [-0.25, -0.2) is 0 Å². The summed E-state index contributed by atoms with van der Waals surface area (Å²) in [5.74, 6) is 0.162. The van der Waals surface area contributed by atoms with E-state index < -0.39 is 0 Å². The molecule has 1 aromatic heterocycles. The van der Waals surface area contributed by atoms with Crippen molar-refractivity contribution in [1.29, 1.82) is 0 Å². The van der Waals surface area contributed by atoms with Crippen molar-refractivity contribution in [3.8, 4) is 0 Å². The monoisotopic (exact) mass is 252 g/mol. The summed E-state index contributed by atoms with van der Waals surface area (Å²) >= 11 is 1.70. The fourth-order valence-electron chi connectivity index (χ4n) is 2.34. The maximum absolute atomic E-state index is 11.8. The minimum atomic E-state index is 0.162. The van der Waals surface area contributed by atoms with Gasteiger partial charge in [-0.05, 0) is 42.3 Å². The molecule has 0 aliphatic heterocycles. The van der Waals surface area contributed by atoms with Crippen LogP contribution >= 0.6 is 11.3 Å². The van der Waals surface area contributed by atoms with Crippen LogP contribution in [0.2, 0.25) is 0 Å². The van der Waals surface area contributed by atoms with Crippen molar-refractivity contribution >= 4 is 17.2 Å². The summed E-state index contributed by atoms with van der Waals surface area (Å²) in [5.41, 5.74) is 1.28. The van der Waals surface area contributed by atoms with Crippen LogP contribution in [0.4, 0.5) is 0 Å². The molecule has 0 unspecified atom stereocenters. The second kappa shape index (κ2) is 6.17. The van der Waals surface area contributed by atoms with Gasteiger partial charge in [-0.15, -0.1) is 0 Å². The summed E-state index contributed by atoms with van der Waals surface area (Å²) in [7, 11) is 1.99. The minimum absolute atomic E-state index is 0.162. The zero-order valence-corrected chi connectivity index (χ0v) is 11.1. The fraction of sp³-hybridized carbons (Fsp3) is 0.615. The van der Waals surface area contributed by atoms with Crippen molar-refractivity contribution in [2.45, 2.75) is 38.3 Å². The lowest BCUT2D eigenvalue weighted by molar-refractivity contribution is -0.122. The molecule has 0 spiro atoms. The van der Waals surface area contributed by atoms with E-state index in [1.54, 1.807) is 11.3 Å². The molecule has 3 nitrogen and oxygen atoms in total. The molecule has 1 fully saturated rings. The molecule has 2 rings (SSSR count). The molecular formula is C13H20N2OS. The van der Waals surface area contributed by atoms with Gasteiger partial charge in [0.25, 0.3) is 0 Å². The SMILES string of the molecule is CN(CC(=O)NC1CCCC1)Cc1ccsc1. The first-order valence-corrected chi connectivity index (χ1v) is 7.17. The number of nitrogens with zero attached hydrogens (tertiary/aromatic N) is 1. The first kappa shape index (κ1) is 12.6. The lowest BCUT2D eigenvalue weighted by Gasteiger charge is -2.18. The molecule has 1 heterocycles. The number of nitrogens with one attached hydrogen (secondary N) is 1. The molecule has 0 atom stereocenters. The van der Waals surface area contributed by atoms with Gasteiger partial charge >= 0.3 is 0 Å². The van der Waals surface area contributed by atoms with Crippen LogP contribution in [-0.4, -0.2) is 30.4 Å². The number of rotatable bonds is 5. The van der Waals surface area contributed by atoms with Crippen LogP contribution in [0.25, 0.3) is 0 Å². The first-order valence-electron chi connectivity index (χ1n) is 6.23. The predicted molar refractivity (Wildman–Crippen MR) is 71.1 cm³/mol. The van der Waals surface area contributed by atoms with Crippen molar-refractivity contribution in [2.75, 3.05) is 13.6 Å². The molecule has 0 bridgehead atoms. The van der Waals surface area contributed by atoms with Crippen LogP contribution in [-0.2, 0) is 11.3 Å². The number of likely N-dealkylation sites (N-methyl/N-ethyl adjacent to an activating group) is 1. The lowest BCUT2D eigenvalue weighted by atomic mass is 10.2. The van der Waals surface area contributed by atoms with Gasteiger partial charge in [0.15, 0.2) is 0 Å². The number of carbonyl (C=O) groups excluding carboxylic acids is 1. The van der Waals surface area contributed by atoms with Crippen LogP contribution in [0.15, 0.2) is 16.8 Å². The Kier molecular flexibility index (Phi) is 4.57. The summed E-state index contributed by atoms with van der Waals surface area (Å²) in [5, 5.41) is 7.31. The van der Waals surface area contributed by atoms with E-state index in [-0.39, 0.29) is 5.91 Å². The summed E-state index contributed by atoms with van der Waals surface area (Å²) in [6, 6.07) is 2.54. The molecule has 1 N–H and O–H groups in total. The van der Waals surface area contributed by atoms with Crippen molar-refractivity contribution in [1.82, 2.24) is 10.2 Å². The zero-order chi connectivity index (χ0) is 12.1. The quantitative estimate of drug-likeness (QED) is 0.871. The fourth-order valence-corrected chi connectivity index (χ4v) is 3.00. The third-order valence-electron chi connectivity index (χ3n) is 3.17. The van der Waals surface area contributed by atoms with Gasteiger partial charge in [0.05, 0.1) is 6.54 Å². The Balaban J connectivity index is 1.70.